The van der Waals surface area contributed by atoms with Crippen LogP contribution in [0, 0.1) is 11.8 Å². The first-order valence-electron chi connectivity index (χ1n) is 5.36. The van der Waals surface area contributed by atoms with E-state index >= 15 is 0 Å². The SMILES string of the molecule is O=C(O)/C=C\C(=O)N1CC2CCCC2C1. The highest BCUT2D eigenvalue weighted by molar-refractivity contribution is 5.94. The van der Waals surface area contributed by atoms with Crippen molar-refractivity contribution in [3.8, 4) is 0 Å². The minimum atomic E-state index is -1.07. The molecule has 15 heavy (non-hydrogen) atoms. The Morgan fingerprint density at radius 3 is 2.27 bits per heavy atom. The Hall–Kier alpha value is -1.32. The predicted molar refractivity (Wildman–Crippen MR) is 54.2 cm³/mol. The lowest BCUT2D eigenvalue weighted by atomic mass is 10.0. The Morgan fingerprint density at radius 2 is 1.73 bits per heavy atom. The summed E-state index contributed by atoms with van der Waals surface area (Å²) in [5, 5.41) is 8.41. The molecule has 4 heteroatoms. The highest BCUT2D eigenvalue weighted by Crippen LogP contribution is 2.37. The number of likely N-dealkylation sites (tertiary alicyclic amines) is 1. The van der Waals surface area contributed by atoms with Gasteiger partial charge in [-0.1, -0.05) is 6.42 Å². The van der Waals surface area contributed by atoms with Gasteiger partial charge in [0.25, 0.3) is 0 Å². The Balaban J connectivity index is 1.91. The molecule has 2 rings (SSSR count). The Bertz CT molecular complexity index is 299. The molecule has 1 amide bonds. The lowest BCUT2D eigenvalue weighted by molar-refractivity contribution is -0.132. The number of carbonyl (C=O) groups is 2. The zero-order valence-electron chi connectivity index (χ0n) is 8.56. The van der Waals surface area contributed by atoms with Crippen LogP contribution in [0.1, 0.15) is 19.3 Å². The van der Waals surface area contributed by atoms with Gasteiger partial charge in [0, 0.05) is 25.2 Å². The van der Waals surface area contributed by atoms with Gasteiger partial charge in [0.2, 0.25) is 5.91 Å². The molecule has 0 bridgehead atoms. The van der Waals surface area contributed by atoms with Crippen molar-refractivity contribution >= 4 is 11.9 Å². The van der Waals surface area contributed by atoms with Crippen molar-refractivity contribution in [2.75, 3.05) is 13.1 Å². The number of hydrogen-bond acceptors (Lipinski definition) is 2. The molecule has 0 aromatic heterocycles. The number of aliphatic carboxylic acids is 1. The number of amides is 1. The molecule has 0 aromatic carbocycles. The molecule has 1 aliphatic heterocycles. The maximum absolute atomic E-state index is 11.6. The Kier molecular flexibility index (Phi) is 2.75. The summed E-state index contributed by atoms with van der Waals surface area (Å²) in [4.78, 5) is 23.6. The van der Waals surface area contributed by atoms with Gasteiger partial charge in [-0.05, 0) is 24.7 Å². The second kappa shape index (κ2) is 4.04. The topological polar surface area (TPSA) is 57.6 Å². The van der Waals surface area contributed by atoms with Gasteiger partial charge < -0.3 is 10.0 Å². The minimum absolute atomic E-state index is 0.160. The number of nitrogens with zero attached hydrogens (tertiary/aromatic N) is 1. The van der Waals surface area contributed by atoms with E-state index in [-0.39, 0.29) is 5.91 Å². The molecule has 0 radical (unpaired) electrons. The maximum Gasteiger partial charge on any atom is 0.328 e. The lowest BCUT2D eigenvalue weighted by Gasteiger charge is -2.14. The monoisotopic (exact) mass is 209 g/mol. The molecule has 0 spiro atoms. The van der Waals surface area contributed by atoms with Crippen molar-refractivity contribution in [2.24, 2.45) is 11.8 Å². The van der Waals surface area contributed by atoms with Gasteiger partial charge >= 0.3 is 5.97 Å². The highest BCUT2D eigenvalue weighted by Gasteiger charge is 2.37. The molecule has 2 atom stereocenters. The number of rotatable bonds is 2. The first kappa shape index (κ1) is 10.2. The van der Waals surface area contributed by atoms with E-state index in [0.29, 0.717) is 11.8 Å². The van der Waals surface area contributed by atoms with E-state index < -0.39 is 5.97 Å². The summed E-state index contributed by atoms with van der Waals surface area (Å²) in [6, 6.07) is 0. The van der Waals surface area contributed by atoms with E-state index in [1.807, 2.05) is 0 Å². The molecular formula is C11H15NO3. The van der Waals surface area contributed by atoms with Crippen molar-refractivity contribution < 1.29 is 14.7 Å². The van der Waals surface area contributed by atoms with Gasteiger partial charge in [-0.2, -0.15) is 0 Å². The van der Waals surface area contributed by atoms with Gasteiger partial charge in [0.1, 0.15) is 0 Å². The molecule has 2 fully saturated rings. The van der Waals surface area contributed by atoms with Crippen LogP contribution < -0.4 is 0 Å². The molecule has 2 aliphatic rings. The van der Waals surface area contributed by atoms with E-state index in [1.54, 1.807) is 4.90 Å². The summed E-state index contributed by atoms with van der Waals surface area (Å²) >= 11 is 0. The van der Waals surface area contributed by atoms with Crippen molar-refractivity contribution in [1.29, 1.82) is 0 Å². The zero-order chi connectivity index (χ0) is 10.8. The molecular weight excluding hydrogens is 194 g/mol. The third-order valence-corrected chi connectivity index (χ3v) is 3.41. The highest BCUT2D eigenvalue weighted by atomic mass is 16.4. The van der Waals surface area contributed by atoms with Crippen molar-refractivity contribution in [1.82, 2.24) is 4.90 Å². The molecule has 1 saturated heterocycles. The average Bonchev–Trinajstić information content (AvgIpc) is 2.72. The third kappa shape index (κ3) is 2.19. The second-order valence-corrected chi connectivity index (χ2v) is 4.37. The molecule has 4 nitrogen and oxygen atoms in total. The number of carboxylic acid groups (broad SMARTS) is 1. The smallest absolute Gasteiger partial charge is 0.328 e. The summed E-state index contributed by atoms with van der Waals surface area (Å²) < 4.78 is 0. The van der Waals surface area contributed by atoms with Crippen molar-refractivity contribution in [3.63, 3.8) is 0 Å². The Labute approximate surface area is 88.6 Å². The van der Waals surface area contributed by atoms with Gasteiger partial charge in [-0.15, -0.1) is 0 Å². The molecule has 82 valence electrons. The summed E-state index contributed by atoms with van der Waals surface area (Å²) in [6.07, 6.45) is 5.79. The normalized spacial score (nSPS) is 29.7. The van der Waals surface area contributed by atoms with Crippen molar-refractivity contribution in [3.05, 3.63) is 12.2 Å². The number of carbonyl (C=O) groups excluding carboxylic acids is 1. The van der Waals surface area contributed by atoms with Crippen LogP contribution in [-0.2, 0) is 9.59 Å². The maximum atomic E-state index is 11.6. The van der Waals surface area contributed by atoms with E-state index in [4.69, 9.17) is 5.11 Å². The fourth-order valence-corrected chi connectivity index (χ4v) is 2.66. The summed E-state index contributed by atoms with van der Waals surface area (Å²) in [5.74, 6) is 0.0916. The van der Waals surface area contributed by atoms with E-state index in [2.05, 4.69) is 0 Å². The molecule has 2 unspecified atom stereocenters. The molecule has 1 aliphatic carbocycles. The molecule has 0 aromatic rings. The van der Waals surface area contributed by atoms with E-state index in [9.17, 15) is 9.59 Å². The minimum Gasteiger partial charge on any atom is -0.478 e. The largest absolute Gasteiger partial charge is 0.478 e. The average molecular weight is 209 g/mol. The quantitative estimate of drug-likeness (QED) is 0.687. The van der Waals surface area contributed by atoms with Crippen LogP contribution in [0.3, 0.4) is 0 Å². The number of carboxylic acids is 1. The second-order valence-electron chi connectivity index (χ2n) is 4.37. The van der Waals surface area contributed by atoms with Gasteiger partial charge in [0.15, 0.2) is 0 Å². The van der Waals surface area contributed by atoms with Gasteiger partial charge in [-0.25, -0.2) is 4.79 Å². The van der Waals surface area contributed by atoms with Crippen molar-refractivity contribution in [2.45, 2.75) is 19.3 Å². The fraction of sp³-hybridized carbons (Fsp3) is 0.636. The first-order valence-corrected chi connectivity index (χ1v) is 5.36. The number of hydrogen-bond donors (Lipinski definition) is 1. The van der Waals surface area contributed by atoms with Gasteiger partial charge in [0.05, 0.1) is 0 Å². The fourth-order valence-electron chi connectivity index (χ4n) is 2.66. The van der Waals surface area contributed by atoms with E-state index in [0.717, 1.165) is 25.2 Å². The third-order valence-electron chi connectivity index (χ3n) is 3.41. The lowest BCUT2D eigenvalue weighted by Crippen LogP contribution is -2.27. The standard InChI is InChI=1S/C11H15NO3/c13-10(4-5-11(14)15)12-6-8-2-1-3-9(8)7-12/h4-5,8-9H,1-3,6-7H2,(H,14,15)/b5-4-. The van der Waals surface area contributed by atoms with Crippen LogP contribution >= 0.6 is 0 Å². The van der Waals surface area contributed by atoms with Crippen LogP contribution in [0.5, 0.6) is 0 Å². The van der Waals surface area contributed by atoms with Crippen LogP contribution in [-0.4, -0.2) is 35.0 Å². The molecule has 1 heterocycles. The predicted octanol–water partition coefficient (Wildman–Crippen LogP) is 0.886. The number of fused-ring (bicyclic) bond motifs is 1. The van der Waals surface area contributed by atoms with Crippen LogP contribution in [0.4, 0.5) is 0 Å². The van der Waals surface area contributed by atoms with Gasteiger partial charge in [-0.3, -0.25) is 4.79 Å². The zero-order valence-corrected chi connectivity index (χ0v) is 8.56. The van der Waals surface area contributed by atoms with Crippen LogP contribution in [0.25, 0.3) is 0 Å². The summed E-state index contributed by atoms with van der Waals surface area (Å²) in [5.41, 5.74) is 0. The Morgan fingerprint density at radius 1 is 1.13 bits per heavy atom. The van der Waals surface area contributed by atoms with Crippen LogP contribution in [0.15, 0.2) is 12.2 Å². The molecule has 1 saturated carbocycles. The van der Waals surface area contributed by atoms with E-state index in [1.165, 1.54) is 19.3 Å². The van der Waals surface area contributed by atoms with Crippen LogP contribution in [0.2, 0.25) is 0 Å². The molecule has 1 N–H and O–H groups in total. The summed E-state index contributed by atoms with van der Waals surface area (Å²) in [6.45, 7) is 1.63. The first-order chi connectivity index (χ1) is 7.16. The summed E-state index contributed by atoms with van der Waals surface area (Å²) in [7, 11) is 0.